The van der Waals surface area contributed by atoms with Crippen LogP contribution in [-0.4, -0.2) is 8.42 Å². The molecule has 13 heavy (non-hydrogen) atoms. The smallest absolute Gasteiger partial charge is 0.358 e. The van der Waals surface area contributed by atoms with Crippen LogP contribution in [0.2, 0.25) is 0 Å². The van der Waals surface area contributed by atoms with Crippen LogP contribution in [0.1, 0.15) is 11.1 Å². The molecule has 0 atom stereocenters. The van der Waals surface area contributed by atoms with Crippen molar-refractivity contribution in [2.45, 2.75) is 13.8 Å². The fourth-order valence-corrected chi connectivity index (χ4v) is 1.40. The van der Waals surface area contributed by atoms with Gasteiger partial charge in [0.15, 0.2) is 0 Å². The monoisotopic (exact) mass is 204 g/mol. The van der Waals surface area contributed by atoms with Crippen LogP contribution in [0.3, 0.4) is 0 Å². The summed E-state index contributed by atoms with van der Waals surface area (Å²) in [5.74, 6) is 0.0214. The lowest BCUT2D eigenvalue weighted by Crippen LogP contribution is -2.02. The van der Waals surface area contributed by atoms with E-state index in [4.69, 9.17) is 0 Å². The van der Waals surface area contributed by atoms with Crippen LogP contribution in [-0.2, 0) is 10.5 Å². The predicted octanol–water partition coefficient (Wildman–Crippen LogP) is 1.90. The maximum atomic E-state index is 12.1. The quantitative estimate of drug-likeness (QED) is 0.691. The predicted molar refractivity (Wildman–Crippen MR) is 46.6 cm³/mol. The van der Waals surface area contributed by atoms with E-state index in [-0.39, 0.29) is 5.75 Å². The summed E-state index contributed by atoms with van der Waals surface area (Å²) in [5.41, 5.74) is 1.54. The summed E-state index contributed by atoms with van der Waals surface area (Å²) in [5, 5.41) is 0. The Labute approximate surface area is 76.6 Å². The maximum Gasteiger partial charge on any atom is 0.488 e. The summed E-state index contributed by atoms with van der Waals surface area (Å²) in [6.45, 7) is 3.49. The van der Waals surface area contributed by atoms with Gasteiger partial charge in [-0.15, -0.1) is 0 Å². The van der Waals surface area contributed by atoms with Gasteiger partial charge in [-0.3, -0.25) is 0 Å². The van der Waals surface area contributed by atoms with Crippen LogP contribution in [0.4, 0.5) is 3.89 Å². The molecule has 1 aromatic carbocycles. The highest BCUT2D eigenvalue weighted by Gasteiger charge is 2.11. The molecule has 5 heteroatoms. The first kappa shape index (κ1) is 9.98. The minimum atomic E-state index is -4.91. The van der Waals surface area contributed by atoms with Gasteiger partial charge in [0.2, 0.25) is 0 Å². The van der Waals surface area contributed by atoms with Crippen LogP contribution >= 0.6 is 0 Å². The Morgan fingerprint density at radius 1 is 1.31 bits per heavy atom. The van der Waals surface area contributed by atoms with Crippen molar-refractivity contribution >= 4 is 10.5 Å². The van der Waals surface area contributed by atoms with Gasteiger partial charge in [0, 0.05) is 0 Å². The van der Waals surface area contributed by atoms with Gasteiger partial charge >= 0.3 is 10.5 Å². The molecule has 0 saturated carbocycles. The van der Waals surface area contributed by atoms with Crippen LogP contribution < -0.4 is 4.18 Å². The lowest BCUT2D eigenvalue weighted by molar-refractivity contribution is 0.438. The second kappa shape index (κ2) is 3.33. The average Bonchev–Trinajstić information content (AvgIpc) is 1.93. The van der Waals surface area contributed by atoms with Crippen molar-refractivity contribution in [2.24, 2.45) is 0 Å². The van der Waals surface area contributed by atoms with E-state index in [1.807, 2.05) is 6.92 Å². The molecular weight excluding hydrogens is 195 g/mol. The molecule has 0 amide bonds. The minimum absolute atomic E-state index is 0.0214. The number of benzene rings is 1. The van der Waals surface area contributed by atoms with Crippen molar-refractivity contribution in [1.82, 2.24) is 0 Å². The van der Waals surface area contributed by atoms with E-state index in [2.05, 4.69) is 4.18 Å². The van der Waals surface area contributed by atoms with E-state index in [1.165, 1.54) is 6.07 Å². The standard InChI is InChI=1S/C8H9FO3S/c1-6-3-4-8(7(2)5-6)12-13(9,10)11/h3-5H,1-2H3. The molecule has 0 bridgehead atoms. The summed E-state index contributed by atoms with van der Waals surface area (Å²) in [6, 6.07) is 4.77. The number of hydrogen-bond acceptors (Lipinski definition) is 3. The highest BCUT2D eigenvalue weighted by atomic mass is 32.3. The lowest BCUT2D eigenvalue weighted by atomic mass is 10.1. The Morgan fingerprint density at radius 3 is 2.38 bits per heavy atom. The summed E-state index contributed by atoms with van der Waals surface area (Å²) >= 11 is 0. The highest BCUT2D eigenvalue weighted by Crippen LogP contribution is 2.20. The number of aryl methyl sites for hydroxylation is 2. The zero-order valence-electron chi connectivity index (χ0n) is 7.24. The van der Waals surface area contributed by atoms with Crippen LogP contribution in [0.25, 0.3) is 0 Å². The van der Waals surface area contributed by atoms with Gasteiger partial charge in [0.1, 0.15) is 5.75 Å². The Balaban J connectivity index is 3.04. The second-order valence-electron chi connectivity index (χ2n) is 2.75. The van der Waals surface area contributed by atoms with Crippen LogP contribution in [0.15, 0.2) is 18.2 Å². The molecule has 0 unspecified atom stereocenters. The number of halogens is 1. The Bertz CT molecular complexity index is 411. The zero-order chi connectivity index (χ0) is 10.1. The normalized spacial score (nSPS) is 11.3. The molecule has 0 fully saturated rings. The molecule has 1 aromatic rings. The average molecular weight is 204 g/mol. The molecule has 0 aliphatic rings. The summed E-state index contributed by atoms with van der Waals surface area (Å²) in [7, 11) is -4.91. The van der Waals surface area contributed by atoms with Gasteiger partial charge in [-0.2, -0.15) is 8.42 Å². The third-order valence-corrected chi connectivity index (χ3v) is 1.90. The molecule has 0 saturated heterocycles. The van der Waals surface area contributed by atoms with E-state index in [0.29, 0.717) is 5.56 Å². The van der Waals surface area contributed by atoms with Crippen molar-refractivity contribution in [2.75, 3.05) is 0 Å². The number of rotatable bonds is 2. The van der Waals surface area contributed by atoms with Gasteiger partial charge < -0.3 is 4.18 Å². The van der Waals surface area contributed by atoms with E-state index in [0.717, 1.165) is 5.56 Å². The molecule has 0 aromatic heterocycles. The Hall–Kier alpha value is -1.10. The highest BCUT2D eigenvalue weighted by molar-refractivity contribution is 7.81. The lowest BCUT2D eigenvalue weighted by Gasteiger charge is -2.04. The van der Waals surface area contributed by atoms with Gasteiger partial charge in [0.25, 0.3) is 0 Å². The molecular formula is C8H9FO3S. The van der Waals surface area contributed by atoms with Crippen LogP contribution in [0.5, 0.6) is 5.75 Å². The van der Waals surface area contributed by atoms with Crippen molar-refractivity contribution in [3.63, 3.8) is 0 Å². The summed E-state index contributed by atoms with van der Waals surface area (Å²) in [4.78, 5) is 0. The first-order valence-electron chi connectivity index (χ1n) is 3.60. The van der Waals surface area contributed by atoms with Crippen molar-refractivity contribution < 1.29 is 16.5 Å². The van der Waals surface area contributed by atoms with Gasteiger partial charge in [0.05, 0.1) is 0 Å². The molecule has 72 valence electrons. The molecule has 0 aliphatic heterocycles. The Morgan fingerprint density at radius 2 is 1.92 bits per heavy atom. The first-order valence-corrected chi connectivity index (χ1v) is 4.91. The molecule has 0 heterocycles. The molecule has 0 aliphatic carbocycles. The fraction of sp³-hybridized carbons (Fsp3) is 0.250. The third-order valence-electron chi connectivity index (χ3n) is 1.52. The van der Waals surface area contributed by atoms with Crippen molar-refractivity contribution in [3.05, 3.63) is 29.3 Å². The first-order chi connectivity index (χ1) is 5.88. The van der Waals surface area contributed by atoms with E-state index in [9.17, 15) is 12.3 Å². The minimum Gasteiger partial charge on any atom is -0.358 e. The van der Waals surface area contributed by atoms with Crippen molar-refractivity contribution in [3.8, 4) is 5.75 Å². The molecule has 3 nitrogen and oxygen atoms in total. The van der Waals surface area contributed by atoms with E-state index >= 15 is 0 Å². The zero-order valence-corrected chi connectivity index (χ0v) is 8.06. The van der Waals surface area contributed by atoms with Gasteiger partial charge in [-0.25, -0.2) is 0 Å². The van der Waals surface area contributed by atoms with Crippen molar-refractivity contribution in [1.29, 1.82) is 0 Å². The van der Waals surface area contributed by atoms with Gasteiger partial charge in [-0.1, -0.05) is 21.6 Å². The Kier molecular flexibility index (Phi) is 2.56. The molecule has 0 radical (unpaired) electrons. The summed E-state index contributed by atoms with van der Waals surface area (Å²) in [6.07, 6.45) is 0. The third kappa shape index (κ3) is 3.02. The largest absolute Gasteiger partial charge is 0.488 e. The topological polar surface area (TPSA) is 43.4 Å². The van der Waals surface area contributed by atoms with Crippen LogP contribution in [0, 0.1) is 13.8 Å². The maximum absolute atomic E-state index is 12.1. The number of hydrogen-bond donors (Lipinski definition) is 0. The van der Waals surface area contributed by atoms with E-state index in [1.54, 1.807) is 19.1 Å². The fourth-order valence-electron chi connectivity index (χ4n) is 1.00. The summed E-state index contributed by atoms with van der Waals surface area (Å²) < 4.78 is 36.5. The second-order valence-corrected chi connectivity index (χ2v) is 3.70. The van der Waals surface area contributed by atoms with E-state index < -0.39 is 10.5 Å². The van der Waals surface area contributed by atoms with Gasteiger partial charge in [-0.05, 0) is 25.5 Å². The molecule has 1 rings (SSSR count). The molecule has 0 N–H and O–H groups in total. The molecule has 0 spiro atoms. The SMILES string of the molecule is Cc1ccc(OS(=O)(=O)F)c(C)c1.